The summed E-state index contributed by atoms with van der Waals surface area (Å²) in [5, 5.41) is 2.74. The number of rotatable bonds is 8. The van der Waals surface area contributed by atoms with Crippen molar-refractivity contribution in [2.45, 2.75) is 25.8 Å². The van der Waals surface area contributed by atoms with Crippen molar-refractivity contribution in [3.8, 4) is 5.75 Å². The van der Waals surface area contributed by atoms with Crippen LogP contribution < -0.4 is 10.1 Å². The first-order valence-corrected chi connectivity index (χ1v) is 10.1. The van der Waals surface area contributed by atoms with Gasteiger partial charge in [-0.05, 0) is 35.3 Å². The van der Waals surface area contributed by atoms with Gasteiger partial charge in [0.25, 0.3) is 5.91 Å². The van der Waals surface area contributed by atoms with Crippen LogP contribution in [0.2, 0.25) is 0 Å². The number of para-hydroxylation sites is 1. The zero-order valence-corrected chi connectivity index (χ0v) is 17.7. The van der Waals surface area contributed by atoms with Crippen molar-refractivity contribution in [3.05, 3.63) is 71.4 Å². The second-order valence-corrected chi connectivity index (χ2v) is 7.16. The van der Waals surface area contributed by atoms with Gasteiger partial charge in [0.2, 0.25) is 5.91 Å². The number of hydrogen-bond acceptors (Lipinski definition) is 5. The number of amides is 2. The monoisotopic (exact) mass is 422 g/mol. The van der Waals surface area contributed by atoms with Crippen LogP contribution in [0.25, 0.3) is 6.08 Å². The predicted molar refractivity (Wildman–Crippen MR) is 116 cm³/mol. The van der Waals surface area contributed by atoms with Gasteiger partial charge >= 0.3 is 5.97 Å². The molecule has 7 heteroatoms. The number of esters is 1. The van der Waals surface area contributed by atoms with E-state index in [0.29, 0.717) is 13.0 Å². The highest BCUT2D eigenvalue weighted by atomic mass is 16.5. The van der Waals surface area contributed by atoms with Crippen molar-refractivity contribution in [3.63, 3.8) is 0 Å². The van der Waals surface area contributed by atoms with Crippen LogP contribution in [-0.4, -0.2) is 42.9 Å². The molecule has 0 aliphatic carbocycles. The number of ether oxygens (including phenoxy) is 2. The molecule has 2 aromatic carbocycles. The van der Waals surface area contributed by atoms with Crippen molar-refractivity contribution in [2.75, 3.05) is 20.3 Å². The summed E-state index contributed by atoms with van der Waals surface area (Å²) in [6.07, 6.45) is 4.08. The molecular weight excluding hydrogens is 396 g/mol. The van der Waals surface area contributed by atoms with Crippen LogP contribution in [0.5, 0.6) is 5.75 Å². The molecule has 1 aliphatic rings. The Balaban J connectivity index is 1.49. The van der Waals surface area contributed by atoms with E-state index in [1.807, 2.05) is 54.6 Å². The number of nitrogens with one attached hydrogen (secondary N) is 1. The van der Waals surface area contributed by atoms with Crippen LogP contribution >= 0.6 is 0 Å². The summed E-state index contributed by atoms with van der Waals surface area (Å²) in [5.41, 5.74) is 2.81. The maximum absolute atomic E-state index is 12.4. The first-order valence-electron chi connectivity index (χ1n) is 10.1. The van der Waals surface area contributed by atoms with E-state index in [4.69, 9.17) is 9.47 Å². The number of fused-ring (bicyclic) bond motifs is 1. The maximum Gasteiger partial charge on any atom is 0.308 e. The quantitative estimate of drug-likeness (QED) is 0.662. The Morgan fingerprint density at radius 1 is 1.06 bits per heavy atom. The van der Waals surface area contributed by atoms with Crippen LogP contribution in [0.1, 0.15) is 36.1 Å². The van der Waals surface area contributed by atoms with E-state index in [0.717, 1.165) is 22.4 Å². The molecular formula is C24H26N2O5. The smallest absolute Gasteiger partial charge is 0.308 e. The van der Waals surface area contributed by atoms with Gasteiger partial charge in [-0.25, -0.2) is 0 Å². The van der Waals surface area contributed by atoms with Gasteiger partial charge in [0.05, 0.1) is 19.6 Å². The molecule has 0 fully saturated rings. The lowest BCUT2D eigenvalue weighted by molar-refractivity contribution is -0.150. The van der Waals surface area contributed by atoms with Crippen LogP contribution in [-0.2, 0) is 25.5 Å². The maximum atomic E-state index is 12.4. The lowest BCUT2D eigenvalue weighted by Crippen LogP contribution is -2.34. The number of nitrogens with zero attached hydrogens (tertiary/aromatic N) is 1. The standard InChI is InChI=1S/C24H26N2O5/c1-17(27)26-14-12-18-7-3-5-9-20(18)21(26)15-24(29)31-16-23(28)25-13-11-19-8-4-6-10-22(19)30-2/h3-10,12,14,21H,11,13,15-16H2,1-2H3,(H,25,28)/t21-/m1/s1. The number of methoxy groups -OCH3 is 1. The molecule has 0 bridgehead atoms. The molecule has 0 radical (unpaired) electrons. The van der Waals surface area contributed by atoms with Crippen LogP contribution in [0.3, 0.4) is 0 Å². The Labute approximate surface area is 181 Å². The minimum Gasteiger partial charge on any atom is -0.496 e. The summed E-state index contributed by atoms with van der Waals surface area (Å²) in [7, 11) is 1.60. The average molecular weight is 422 g/mol. The summed E-state index contributed by atoms with van der Waals surface area (Å²) in [6, 6.07) is 14.7. The van der Waals surface area contributed by atoms with Gasteiger partial charge in [-0.2, -0.15) is 0 Å². The average Bonchev–Trinajstić information content (AvgIpc) is 2.78. The largest absolute Gasteiger partial charge is 0.496 e. The highest BCUT2D eigenvalue weighted by Crippen LogP contribution is 2.33. The lowest BCUT2D eigenvalue weighted by Gasteiger charge is -2.32. The molecule has 31 heavy (non-hydrogen) atoms. The van der Waals surface area contributed by atoms with Crippen molar-refractivity contribution in [1.82, 2.24) is 10.2 Å². The highest BCUT2D eigenvalue weighted by Gasteiger charge is 2.28. The van der Waals surface area contributed by atoms with Gasteiger partial charge in [-0.15, -0.1) is 0 Å². The number of hydrogen-bond donors (Lipinski definition) is 1. The first kappa shape index (κ1) is 22.1. The van der Waals surface area contributed by atoms with Gasteiger partial charge < -0.3 is 19.7 Å². The summed E-state index contributed by atoms with van der Waals surface area (Å²) < 4.78 is 10.4. The van der Waals surface area contributed by atoms with Crippen molar-refractivity contribution in [2.24, 2.45) is 0 Å². The second-order valence-electron chi connectivity index (χ2n) is 7.16. The fourth-order valence-corrected chi connectivity index (χ4v) is 3.57. The Hall–Kier alpha value is -3.61. The molecule has 1 N–H and O–H groups in total. The molecule has 0 unspecified atom stereocenters. The molecule has 2 aromatic rings. The zero-order chi connectivity index (χ0) is 22.2. The Morgan fingerprint density at radius 3 is 2.58 bits per heavy atom. The molecule has 0 saturated carbocycles. The summed E-state index contributed by atoms with van der Waals surface area (Å²) in [6.45, 7) is 1.48. The Bertz CT molecular complexity index is 985. The van der Waals surface area contributed by atoms with E-state index >= 15 is 0 Å². The van der Waals surface area contributed by atoms with Crippen LogP contribution in [0.4, 0.5) is 0 Å². The molecule has 0 aromatic heterocycles. The Kier molecular flexibility index (Phi) is 7.43. The van der Waals surface area contributed by atoms with Crippen LogP contribution in [0.15, 0.2) is 54.7 Å². The fraction of sp³-hybridized carbons (Fsp3) is 0.292. The highest BCUT2D eigenvalue weighted by molar-refractivity contribution is 5.82. The third-order valence-electron chi connectivity index (χ3n) is 5.10. The van der Waals surface area contributed by atoms with E-state index < -0.39 is 12.0 Å². The molecule has 1 atom stereocenters. The van der Waals surface area contributed by atoms with Gasteiger partial charge in [0.1, 0.15) is 5.75 Å². The molecule has 1 aliphatic heterocycles. The zero-order valence-electron chi connectivity index (χ0n) is 17.7. The normalized spacial score (nSPS) is 14.5. The molecule has 2 amide bonds. The van der Waals surface area contributed by atoms with E-state index in [1.165, 1.54) is 11.8 Å². The van der Waals surface area contributed by atoms with E-state index in [9.17, 15) is 14.4 Å². The second kappa shape index (κ2) is 10.4. The molecule has 162 valence electrons. The SMILES string of the molecule is COc1ccccc1CCNC(=O)COC(=O)C[C@@H]1c2ccccc2C=CN1C(C)=O. The van der Waals surface area contributed by atoms with E-state index in [1.54, 1.807) is 13.3 Å². The minimum absolute atomic E-state index is 0.0323. The molecule has 0 spiro atoms. The van der Waals surface area contributed by atoms with E-state index in [-0.39, 0.29) is 24.8 Å². The van der Waals surface area contributed by atoms with Gasteiger partial charge in [0.15, 0.2) is 6.61 Å². The summed E-state index contributed by atoms with van der Waals surface area (Å²) >= 11 is 0. The minimum atomic E-state index is -0.541. The first-order chi connectivity index (χ1) is 15.0. The van der Waals surface area contributed by atoms with Gasteiger partial charge in [0, 0.05) is 19.7 Å². The fourth-order valence-electron chi connectivity index (χ4n) is 3.57. The van der Waals surface area contributed by atoms with E-state index in [2.05, 4.69) is 5.32 Å². The topological polar surface area (TPSA) is 84.9 Å². The van der Waals surface area contributed by atoms with Crippen molar-refractivity contribution >= 4 is 23.9 Å². The lowest BCUT2D eigenvalue weighted by atomic mass is 9.94. The van der Waals surface area contributed by atoms with Crippen LogP contribution in [0, 0.1) is 0 Å². The number of carbonyl (C=O) groups excluding carboxylic acids is 3. The third kappa shape index (κ3) is 5.72. The number of benzene rings is 2. The predicted octanol–water partition coefficient (Wildman–Crippen LogP) is 2.86. The van der Waals surface area contributed by atoms with Gasteiger partial charge in [-0.1, -0.05) is 42.5 Å². The van der Waals surface area contributed by atoms with Crippen molar-refractivity contribution in [1.29, 1.82) is 0 Å². The van der Waals surface area contributed by atoms with Gasteiger partial charge in [-0.3, -0.25) is 14.4 Å². The summed E-state index contributed by atoms with van der Waals surface area (Å²) in [5.74, 6) is -0.325. The summed E-state index contributed by atoms with van der Waals surface area (Å²) in [4.78, 5) is 38.0. The van der Waals surface area contributed by atoms with Crippen molar-refractivity contribution < 1.29 is 23.9 Å². The number of carbonyl (C=O) groups is 3. The Morgan fingerprint density at radius 2 is 1.81 bits per heavy atom. The molecule has 7 nitrogen and oxygen atoms in total. The third-order valence-corrected chi connectivity index (χ3v) is 5.10. The molecule has 1 heterocycles. The molecule has 0 saturated heterocycles. The molecule has 3 rings (SSSR count).